The molecule has 1 aliphatic heterocycles. The maximum atomic E-state index is 4.58. The van der Waals surface area contributed by atoms with Crippen LogP contribution in [-0.4, -0.2) is 44.4 Å². The van der Waals surface area contributed by atoms with Crippen LogP contribution in [0.2, 0.25) is 0 Å². The quantitative estimate of drug-likeness (QED) is 0.794. The molecule has 0 amide bonds. The van der Waals surface area contributed by atoms with Gasteiger partial charge < -0.3 is 10.2 Å². The number of nitrogens with one attached hydrogen (secondary N) is 1. The van der Waals surface area contributed by atoms with Crippen LogP contribution in [-0.2, 0) is 0 Å². The topological polar surface area (TPSA) is 71.8 Å². The van der Waals surface area contributed by atoms with Crippen LogP contribution in [0.1, 0.15) is 26.2 Å². The molecule has 3 rings (SSSR count). The Morgan fingerprint density at radius 2 is 1.90 bits per heavy atom. The third-order valence-electron chi connectivity index (χ3n) is 3.34. The van der Waals surface area contributed by atoms with Gasteiger partial charge in [0.25, 0.3) is 5.95 Å². The monoisotopic (exact) mass is 399 g/mol. The van der Waals surface area contributed by atoms with Gasteiger partial charge in [-0.15, -0.1) is 0 Å². The highest BCUT2D eigenvalue weighted by Gasteiger charge is 2.17. The molecule has 0 unspecified atom stereocenters. The molecule has 2 aromatic rings. The van der Waals surface area contributed by atoms with E-state index in [9.17, 15) is 0 Å². The van der Waals surface area contributed by atoms with Crippen LogP contribution < -0.4 is 10.2 Å². The standard InChI is InChI=1S/C13H18IN7/c1-2-15-11-17-12(20-6-4-3-5-7-20)19-13(18-11)21-9-10(14)8-16-21/h8-9H,2-7H2,1H3,(H,15,17,18,19). The van der Waals surface area contributed by atoms with Gasteiger partial charge in [0.15, 0.2) is 0 Å². The molecule has 7 nitrogen and oxygen atoms in total. The van der Waals surface area contributed by atoms with Crippen molar-refractivity contribution in [3.63, 3.8) is 0 Å². The molecule has 0 saturated carbocycles. The lowest BCUT2D eigenvalue weighted by molar-refractivity contribution is 0.566. The van der Waals surface area contributed by atoms with Gasteiger partial charge in [0.1, 0.15) is 0 Å². The van der Waals surface area contributed by atoms with E-state index in [1.165, 1.54) is 19.3 Å². The lowest BCUT2D eigenvalue weighted by atomic mass is 10.1. The Kier molecular flexibility index (Phi) is 4.51. The van der Waals surface area contributed by atoms with Gasteiger partial charge in [0, 0.05) is 25.8 Å². The highest BCUT2D eigenvalue weighted by atomic mass is 127. The summed E-state index contributed by atoms with van der Waals surface area (Å²) in [6, 6.07) is 0. The van der Waals surface area contributed by atoms with Gasteiger partial charge in [-0.2, -0.15) is 20.1 Å². The average molecular weight is 399 g/mol. The first kappa shape index (κ1) is 14.5. The van der Waals surface area contributed by atoms with Crippen molar-refractivity contribution in [3.8, 4) is 5.95 Å². The van der Waals surface area contributed by atoms with E-state index in [2.05, 4.69) is 52.9 Å². The lowest BCUT2D eigenvalue weighted by Crippen LogP contribution is -2.31. The lowest BCUT2D eigenvalue weighted by Gasteiger charge is -2.26. The second-order valence-corrected chi connectivity index (χ2v) is 6.19. The third-order valence-corrected chi connectivity index (χ3v) is 3.90. The van der Waals surface area contributed by atoms with E-state index >= 15 is 0 Å². The molecule has 112 valence electrons. The summed E-state index contributed by atoms with van der Waals surface area (Å²) in [6.07, 6.45) is 7.36. The van der Waals surface area contributed by atoms with Crippen molar-refractivity contribution < 1.29 is 0 Å². The number of rotatable bonds is 4. The molecule has 0 bridgehead atoms. The molecule has 0 radical (unpaired) electrons. The Labute approximate surface area is 137 Å². The van der Waals surface area contributed by atoms with Gasteiger partial charge in [-0.05, 0) is 48.8 Å². The second kappa shape index (κ2) is 6.54. The number of anilines is 2. The maximum Gasteiger partial charge on any atom is 0.257 e. The van der Waals surface area contributed by atoms with Gasteiger partial charge in [-0.3, -0.25) is 0 Å². The number of aromatic nitrogens is 5. The second-order valence-electron chi connectivity index (χ2n) is 4.94. The van der Waals surface area contributed by atoms with Crippen LogP contribution in [0, 0.1) is 3.57 Å². The molecule has 0 atom stereocenters. The minimum atomic E-state index is 0.560. The zero-order chi connectivity index (χ0) is 14.7. The molecule has 1 aliphatic rings. The normalized spacial score (nSPS) is 15.2. The highest BCUT2D eigenvalue weighted by molar-refractivity contribution is 14.1. The van der Waals surface area contributed by atoms with E-state index in [1.54, 1.807) is 10.9 Å². The summed E-state index contributed by atoms with van der Waals surface area (Å²) < 4.78 is 2.75. The summed E-state index contributed by atoms with van der Waals surface area (Å²) in [5.41, 5.74) is 0. The Morgan fingerprint density at radius 1 is 1.14 bits per heavy atom. The smallest absolute Gasteiger partial charge is 0.257 e. The fourth-order valence-corrected chi connectivity index (χ4v) is 2.73. The van der Waals surface area contributed by atoms with E-state index in [1.807, 2.05) is 13.1 Å². The van der Waals surface area contributed by atoms with Crippen LogP contribution in [0.25, 0.3) is 5.95 Å². The van der Waals surface area contributed by atoms with Crippen molar-refractivity contribution in [2.24, 2.45) is 0 Å². The first-order chi connectivity index (χ1) is 10.3. The molecular weight excluding hydrogens is 381 g/mol. The summed E-state index contributed by atoms with van der Waals surface area (Å²) in [4.78, 5) is 15.8. The summed E-state index contributed by atoms with van der Waals surface area (Å²) in [5.74, 6) is 1.90. The van der Waals surface area contributed by atoms with Gasteiger partial charge >= 0.3 is 0 Å². The van der Waals surface area contributed by atoms with Gasteiger partial charge in [-0.1, -0.05) is 0 Å². The van der Waals surface area contributed by atoms with Crippen LogP contribution in [0.3, 0.4) is 0 Å². The average Bonchev–Trinajstić information content (AvgIpc) is 2.95. The number of halogens is 1. The molecule has 1 fully saturated rings. The molecule has 0 spiro atoms. The summed E-state index contributed by atoms with van der Waals surface area (Å²) >= 11 is 2.22. The Hall–Kier alpha value is -1.45. The number of piperidine rings is 1. The zero-order valence-electron chi connectivity index (χ0n) is 12.0. The third kappa shape index (κ3) is 3.42. The SMILES string of the molecule is CCNc1nc(N2CCCCC2)nc(-n2cc(I)cn2)n1. The molecule has 3 heterocycles. The van der Waals surface area contributed by atoms with E-state index in [0.717, 1.165) is 29.2 Å². The molecule has 21 heavy (non-hydrogen) atoms. The van der Waals surface area contributed by atoms with E-state index in [4.69, 9.17) is 0 Å². The number of nitrogens with zero attached hydrogens (tertiary/aromatic N) is 6. The fourth-order valence-electron chi connectivity index (χ4n) is 2.34. The van der Waals surface area contributed by atoms with Crippen LogP contribution in [0.5, 0.6) is 0 Å². The van der Waals surface area contributed by atoms with Gasteiger partial charge in [0.2, 0.25) is 11.9 Å². The molecule has 0 aliphatic carbocycles. The number of hydrogen-bond donors (Lipinski definition) is 1. The predicted molar refractivity (Wildman–Crippen MR) is 89.9 cm³/mol. The molecule has 0 aromatic carbocycles. The van der Waals surface area contributed by atoms with Gasteiger partial charge in [-0.25, -0.2) is 4.68 Å². The zero-order valence-corrected chi connectivity index (χ0v) is 14.1. The summed E-state index contributed by atoms with van der Waals surface area (Å²) in [5, 5.41) is 7.46. The molecule has 1 saturated heterocycles. The van der Waals surface area contributed by atoms with Crippen molar-refractivity contribution in [1.82, 2.24) is 24.7 Å². The Bertz CT molecular complexity index is 606. The minimum absolute atomic E-state index is 0.560. The minimum Gasteiger partial charge on any atom is -0.354 e. The predicted octanol–water partition coefficient (Wildman–Crippen LogP) is 2.08. The Morgan fingerprint density at radius 3 is 2.57 bits per heavy atom. The summed E-state index contributed by atoms with van der Waals surface area (Å²) in [7, 11) is 0. The van der Waals surface area contributed by atoms with Crippen molar-refractivity contribution >= 4 is 34.5 Å². The van der Waals surface area contributed by atoms with Crippen molar-refractivity contribution in [3.05, 3.63) is 16.0 Å². The van der Waals surface area contributed by atoms with Crippen LogP contribution in [0.4, 0.5) is 11.9 Å². The maximum absolute atomic E-state index is 4.58. The summed E-state index contributed by atoms with van der Waals surface area (Å²) in [6.45, 7) is 4.82. The molecular formula is C13H18IN7. The van der Waals surface area contributed by atoms with E-state index in [-0.39, 0.29) is 0 Å². The first-order valence-corrected chi connectivity index (χ1v) is 8.29. The van der Waals surface area contributed by atoms with Crippen LogP contribution in [0.15, 0.2) is 12.4 Å². The first-order valence-electron chi connectivity index (χ1n) is 7.21. The number of hydrogen-bond acceptors (Lipinski definition) is 6. The fraction of sp³-hybridized carbons (Fsp3) is 0.538. The van der Waals surface area contributed by atoms with Crippen molar-refractivity contribution in [1.29, 1.82) is 0 Å². The highest BCUT2D eigenvalue weighted by Crippen LogP contribution is 2.18. The largest absolute Gasteiger partial charge is 0.354 e. The molecule has 2 aromatic heterocycles. The van der Waals surface area contributed by atoms with E-state index in [0.29, 0.717) is 11.9 Å². The van der Waals surface area contributed by atoms with Crippen molar-refractivity contribution in [2.45, 2.75) is 26.2 Å². The van der Waals surface area contributed by atoms with Crippen LogP contribution >= 0.6 is 22.6 Å². The molecule has 8 heteroatoms. The molecule has 1 N–H and O–H groups in total. The van der Waals surface area contributed by atoms with Crippen molar-refractivity contribution in [2.75, 3.05) is 29.9 Å². The van der Waals surface area contributed by atoms with E-state index < -0.39 is 0 Å². The van der Waals surface area contributed by atoms with Gasteiger partial charge in [0.05, 0.1) is 9.77 Å². The Balaban J connectivity index is 1.96.